The summed E-state index contributed by atoms with van der Waals surface area (Å²) in [5.41, 5.74) is 8.37. The van der Waals surface area contributed by atoms with Gasteiger partial charge in [-0.1, -0.05) is 23.7 Å². The number of benzene rings is 2. The van der Waals surface area contributed by atoms with Crippen LogP contribution in [-0.2, 0) is 0 Å². The van der Waals surface area contributed by atoms with Gasteiger partial charge in [-0.2, -0.15) is 0 Å². The number of aromatic nitrogens is 2. The fourth-order valence-electron chi connectivity index (χ4n) is 2.84. The maximum atomic E-state index is 9.95. The zero-order valence-corrected chi connectivity index (χ0v) is 13.4. The molecule has 0 radical (unpaired) electrons. The molecule has 0 amide bonds. The van der Waals surface area contributed by atoms with Crippen molar-refractivity contribution in [2.45, 2.75) is 6.17 Å². The minimum Gasteiger partial charge on any atom is -0.503 e. The molecule has 0 spiro atoms. The van der Waals surface area contributed by atoms with E-state index in [-0.39, 0.29) is 22.5 Å². The second-order valence-electron chi connectivity index (χ2n) is 5.36. The van der Waals surface area contributed by atoms with E-state index >= 15 is 0 Å². The quantitative estimate of drug-likeness (QED) is 0.664. The lowest BCUT2D eigenvalue weighted by Crippen LogP contribution is -2.31. The van der Waals surface area contributed by atoms with Crippen molar-refractivity contribution < 1.29 is 9.84 Å². The van der Waals surface area contributed by atoms with Crippen LogP contribution in [0.15, 0.2) is 41.4 Å². The number of phenolic OH excluding ortho intramolecular Hbond substituents is 1. The van der Waals surface area contributed by atoms with Crippen molar-refractivity contribution in [3.63, 3.8) is 0 Å². The first-order chi connectivity index (χ1) is 11.6. The van der Waals surface area contributed by atoms with E-state index in [0.29, 0.717) is 5.95 Å². The summed E-state index contributed by atoms with van der Waals surface area (Å²) >= 11 is 6.12. The van der Waals surface area contributed by atoms with Gasteiger partial charge in [0.05, 0.1) is 23.2 Å². The molecule has 0 aliphatic carbocycles. The number of imidazole rings is 1. The molecule has 7 nitrogen and oxygen atoms in total. The van der Waals surface area contributed by atoms with Crippen molar-refractivity contribution in [3.05, 3.63) is 47.0 Å². The Morgan fingerprint density at radius 1 is 1.33 bits per heavy atom. The lowest BCUT2D eigenvalue weighted by atomic mass is 10.1. The summed E-state index contributed by atoms with van der Waals surface area (Å²) in [5.74, 6) is 1.02. The van der Waals surface area contributed by atoms with E-state index in [2.05, 4.69) is 15.3 Å². The van der Waals surface area contributed by atoms with Gasteiger partial charge in [-0.15, -0.1) is 0 Å². The number of nitrogens with zero attached hydrogens (tertiary/aromatic N) is 3. The highest BCUT2D eigenvalue weighted by Gasteiger charge is 2.26. The topological polar surface area (TPSA) is 97.7 Å². The number of hydrogen-bond acceptors (Lipinski definition) is 6. The molecule has 0 saturated heterocycles. The Bertz CT molecular complexity index is 982. The lowest BCUT2D eigenvalue weighted by molar-refractivity contribution is 0.372. The molecule has 24 heavy (non-hydrogen) atoms. The average Bonchev–Trinajstić information content (AvgIpc) is 2.94. The standard InChI is InChI=1S/C16H14ClN5O2/c1-24-12-7-8(6-9(17)13(12)23)14-20-15(18)21-16-19-10-4-2-3-5-11(10)22(14)16/h2-7,14,23H,1H3,(H3,18,19,20,21). The molecule has 4 N–H and O–H groups in total. The van der Waals surface area contributed by atoms with E-state index in [1.165, 1.54) is 7.11 Å². The molecule has 1 atom stereocenters. The molecule has 1 aromatic heterocycles. The number of phenols is 1. The monoisotopic (exact) mass is 343 g/mol. The molecule has 122 valence electrons. The molecular formula is C16H14ClN5O2. The number of hydrogen-bond donors (Lipinski definition) is 3. The first-order valence-corrected chi connectivity index (χ1v) is 7.60. The molecule has 1 unspecified atom stereocenters. The summed E-state index contributed by atoms with van der Waals surface area (Å²) in [6, 6.07) is 11.1. The Balaban J connectivity index is 1.96. The largest absolute Gasteiger partial charge is 0.503 e. The molecule has 1 aliphatic rings. The summed E-state index contributed by atoms with van der Waals surface area (Å²) < 4.78 is 7.11. The molecule has 2 heterocycles. The van der Waals surface area contributed by atoms with E-state index in [1.807, 2.05) is 28.8 Å². The summed E-state index contributed by atoms with van der Waals surface area (Å²) in [6.45, 7) is 0. The van der Waals surface area contributed by atoms with Crippen LogP contribution >= 0.6 is 11.6 Å². The molecular weight excluding hydrogens is 330 g/mol. The highest BCUT2D eigenvalue weighted by Crippen LogP contribution is 2.40. The van der Waals surface area contributed by atoms with Gasteiger partial charge in [-0.25, -0.2) is 9.98 Å². The van der Waals surface area contributed by atoms with Crippen LogP contribution in [0.25, 0.3) is 11.0 Å². The zero-order valence-electron chi connectivity index (χ0n) is 12.7. The van der Waals surface area contributed by atoms with Crippen molar-refractivity contribution in [3.8, 4) is 11.5 Å². The highest BCUT2D eigenvalue weighted by atomic mass is 35.5. The molecule has 4 rings (SSSR count). The van der Waals surface area contributed by atoms with Crippen molar-refractivity contribution in [1.29, 1.82) is 0 Å². The van der Waals surface area contributed by atoms with Crippen LogP contribution in [0, 0.1) is 0 Å². The number of halogens is 1. The van der Waals surface area contributed by atoms with Gasteiger partial charge in [0, 0.05) is 5.56 Å². The maximum absolute atomic E-state index is 9.95. The third-order valence-corrected chi connectivity index (χ3v) is 4.20. The summed E-state index contributed by atoms with van der Waals surface area (Å²) in [6.07, 6.45) is -0.472. The Morgan fingerprint density at radius 3 is 2.92 bits per heavy atom. The van der Waals surface area contributed by atoms with Crippen molar-refractivity contribution in [2.75, 3.05) is 12.4 Å². The van der Waals surface area contributed by atoms with E-state index in [0.717, 1.165) is 16.6 Å². The van der Waals surface area contributed by atoms with Crippen LogP contribution in [0.5, 0.6) is 11.5 Å². The molecule has 8 heteroatoms. The normalized spacial score (nSPS) is 16.4. The first kappa shape index (κ1) is 14.6. The van der Waals surface area contributed by atoms with E-state index in [9.17, 15) is 5.11 Å². The second-order valence-corrected chi connectivity index (χ2v) is 5.77. The van der Waals surface area contributed by atoms with E-state index in [1.54, 1.807) is 12.1 Å². The SMILES string of the molecule is COc1cc(C2N=C(N)Nc3nc4ccccc4n32)cc(Cl)c1O. The summed E-state index contributed by atoms with van der Waals surface area (Å²) in [7, 11) is 1.47. The number of guanidine groups is 1. The highest BCUT2D eigenvalue weighted by molar-refractivity contribution is 6.32. The molecule has 1 aliphatic heterocycles. The summed E-state index contributed by atoms with van der Waals surface area (Å²) in [4.78, 5) is 9.01. The third kappa shape index (κ3) is 2.13. The van der Waals surface area contributed by atoms with Crippen LogP contribution in [0.1, 0.15) is 11.7 Å². The number of rotatable bonds is 2. The van der Waals surface area contributed by atoms with Gasteiger partial charge in [0.25, 0.3) is 0 Å². The first-order valence-electron chi connectivity index (χ1n) is 7.22. The Kier molecular flexibility index (Phi) is 3.24. The number of aromatic hydroxyl groups is 1. The number of fused-ring (bicyclic) bond motifs is 3. The van der Waals surface area contributed by atoms with Crippen molar-refractivity contribution >= 4 is 34.5 Å². The van der Waals surface area contributed by atoms with E-state index in [4.69, 9.17) is 22.1 Å². The zero-order chi connectivity index (χ0) is 16.8. The van der Waals surface area contributed by atoms with Crippen LogP contribution in [0.2, 0.25) is 5.02 Å². The number of ether oxygens (including phenoxy) is 1. The van der Waals surface area contributed by atoms with Gasteiger partial charge in [0.2, 0.25) is 5.95 Å². The van der Waals surface area contributed by atoms with Gasteiger partial charge < -0.3 is 15.6 Å². The average molecular weight is 344 g/mol. The number of methoxy groups -OCH3 is 1. The van der Waals surface area contributed by atoms with Crippen molar-refractivity contribution in [1.82, 2.24) is 9.55 Å². The fraction of sp³-hybridized carbons (Fsp3) is 0.125. The van der Waals surface area contributed by atoms with Gasteiger partial charge in [-0.3, -0.25) is 9.88 Å². The second kappa shape index (κ2) is 5.31. The minimum absolute atomic E-state index is 0.107. The molecule has 0 saturated carbocycles. The number of anilines is 1. The third-order valence-electron chi connectivity index (χ3n) is 3.91. The van der Waals surface area contributed by atoms with Crippen LogP contribution < -0.4 is 15.8 Å². The van der Waals surface area contributed by atoms with E-state index < -0.39 is 6.17 Å². The molecule has 3 aromatic rings. The lowest BCUT2D eigenvalue weighted by Gasteiger charge is -2.24. The Hall–Kier alpha value is -2.93. The molecule has 2 aromatic carbocycles. The molecule has 0 fully saturated rings. The maximum Gasteiger partial charge on any atom is 0.212 e. The van der Waals surface area contributed by atoms with Crippen molar-refractivity contribution in [2.24, 2.45) is 10.7 Å². The van der Waals surface area contributed by atoms with Gasteiger partial charge in [0.1, 0.15) is 0 Å². The number of nitrogens with one attached hydrogen (secondary N) is 1. The molecule has 0 bridgehead atoms. The van der Waals surface area contributed by atoms with Gasteiger partial charge >= 0.3 is 0 Å². The van der Waals surface area contributed by atoms with Gasteiger partial charge in [-0.05, 0) is 24.3 Å². The van der Waals surface area contributed by atoms with Crippen LogP contribution in [0.4, 0.5) is 5.95 Å². The Morgan fingerprint density at radius 2 is 2.12 bits per heavy atom. The van der Waals surface area contributed by atoms with Gasteiger partial charge in [0.15, 0.2) is 23.6 Å². The number of aliphatic imine (C=N–C) groups is 1. The predicted molar refractivity (Wildman–Crippen MR) is 92.8 cm³/mol. The number of nitrogens with two attached hydrogens (primary N) is 1. The smallest absolute Gasteiger partial charge is 0.212 e. The van der Waals surface area contributed by atoms with Crippen LogP contribution in [0.3, 0.4) is 0 Å². The Labute approximate surface area is 142 Å². The van der Waals surface area contributed by atoms with Crippen LogP contribution in [-0.4, -0.2) is 27.7 Å². The predicted octanol–water partition coefficient (Wildman–Crippen LogP) is 2.69. The minimum atomic E-state index is -0.472. The number of para-hydroxylation sites is 2. The fourth-order valence-corrected chi connectivity index (χ4v) is 3.06. The summed E-state index contributed by atoms with van der Waals surface area (Å²) in [5, 5.41) is 13.1.